The fourth-order valence-electron chi connectivity index (χ4n) is 3.95. The van der Waals surface area contributed by atoms with E-state index in [2.05, 4.69) is 25.1 Å². The molecule has 0 radical (unpaired) electrons. The predicted octanol–water partition coefficient (Wildman–Crippen LogP) is 5.86. The molecule has 0 bridgehead atoms. The Morgan fingerprint density at radius 3 is 2.49 bits per heavy atom. The fraction of sp³-hybridized carbons (Fsp3) is 0.333. The van der Waals surface area contributed by atoms with E-state index in [1.165, 1.54) is 31.3 Å². The van der Waals surface area contributed by atoms with Crippen LogP contribution in [0.25, 0.3) is 17.1 Å². The van der Waals surface area contributed by atoms with E-state index in [1.807, 2.05) is 25.5 Å². The number of benzene rings is 1. The van der Waals surface area contributed by atoms with Crippen molar-refractivity contribution in [3.63, 3.8) is 0 Å². The molecule has 3 heterocycles. The highest BCUT2D eigenvalue weighted by Gasteiger charge is 2.26. The molecule has 0 amide bonds. The first-order chi connectivity index (χ1) is 16.8. The standard InChI is InChI=1S/C24H24ClF2N7O/c1-13-22(17-6-8-18(9-7-17)35-24(26)27)32-33(11-16-4-5-16)23(13)30-19-10-20(29-12-28-19)34-15(3)21(25)14(2)31-34/h6-10,12,16,24H,4-5,11H2,1-3H3,(H,28,29,30). The highest BCUT2D eigenvalue weighted by molar-refractivity contribution is 6.31. The van der Waals surface area contributed by atoms with Crippen molar-refractivity contribution >= 4 is 23.2 Å². The SMILES string of the molecule is Cc1nn(-c2cc(Nc3c(C)c(-c4ccc(OC(F)F)cc4)nn3CC3CC3)ncn2)c(C)c1Cl. The number of aromatic nitrogens is 6. The van der Waals surface area contributed by atoms with Gasteiger partial charge in [0.15, 0.2) is 5.82 Å². The zero-order valence-electron chi connectivity index (χ0n) is 19.5. The minimum Gasteiger partial charge on any atom is -0.435 e. The van der Waals surface area contributed by atoms with Gasteiger partial charge in [0.05, 0.1) is 22.1 Å². The van der Waals surface area contributed by atoms with Crippen molar-refractivity contribution in [3.8, 4) is 22.8 Å². The summed E-state index contributed by atoms with van der Waals surface area (Å²) < 4.78 is 33.1. The second kappa shape index (κ2) is 9.26. The van der Waals surface area contributed by atoms with Crippen molar-refractivity contribution in [2.24, 2.45) is 5.92 Å². The van der Waals surface area contributed by atoms with Crippen LogP contribution in [0.2, 0.25) is 5.02 Å². The Morgan fingerprint density at radius 2 is 1.86 bits per heavy atom. The molecule has 8 nitrogen and oxygen atoms in total. The summed E-state index contributed by atoms with van der Waals surface area (Å²) in [6.07, 6.45) is 3.81. The first-order valence-electron chi connectivity index (χ1n) is 11.2. The zero-order valence-corrected chi connectivity index (χ0v) is 20.2. The zero-order chi connectivity index (χ0) is 24.7. The van der Waals surface area contributed by atoms with Crippen molar-refractivity contribution in [2.75, 3.05) is 5.32 Å². The maximum absolute atomic E-state index is 12.5. The Bertz CT molecular complexity index is 1360. The van der Waals surface area contributed by atoms with E-state index >= 15 is 0 Å². The van der Waals surface area contributed by atoms with Gasteiger partial charge in [-0.1, -0.05) is 11.6 Å². The number of hydrogen-bond donors (Lipinski definition) is 1. The van der Waals surface area contributed by atoms with Crippen LogP contribution in [0.3, 0.4) is 0 Å². The van der Waals surface area contributed by atoms with Gasteiger partial charge < -0.3 is 10.1 Å². The maximum atomic E-state index is 12.5. The van der Waals surface area contributed by atoms with Crippen molar-refractivity contribution < 1.29 is 13.5 Å². The minimum atomic E-state index is -2.86. The van der Waals surface area contributed by atoms with Gasteiger partial charge in [-0.05, 0) is 63.8 Å². The first kappa shape index (κ1) is 23.2. The number of rotatable bonds is 8. The number of ether oxygens (including phenoxy) is 1. The van der Waals surface area contributed by atoms with Crippen LogP contribution in [-0.2, 0) is 6.54 Å². The van der Waals surface area contributed by atoms with Crippen molar-refractivity contribution in [3.05, 3.63) is 58.6 Å². The molecule has 182 valence electrons. The van der Waals surface area contributed by atoms with E-state index < -0.39 is 6.61 Å². The molecular weight excluding hydrogens is 476 g/mol. The molecule has 1 aliphatic rings. The Hall–Kier alpha value is -3.53. The molecular formula is C24H24ClF2N7O. The molecule has 1 aromatic carbocycles. The molecule has 0 unspecified atom stereocenters. The molecule has 3 aromatic heterocycles. The summed E-state index contributed by atoms with van der Waals surface area (Å²) in [6.45, 7) is 3.62. The number of aryl methyl sites for hydroxylation is 1. The summed E-state index contributed by atoms with van der Waals surface area (Å²) in [5, 5.41) is 13.3. The molecule has 35 heavy (non-hydrogen) atoms. The summed E-state index contributed by atoms with van der Waals surface area (Å²) >= 11 is 6.31. The van der Waals surface area contributed by atoms with E-state index in [0.717, 1.165) is 40.6 Å². The van der Waals surface area contributed by atoms with Crippen LogP contribution < -0.4 is 10.1 Å². The lowest BCUT2D eigenvalue weighted by Crippen LogP contribution is -2.09. The molecule has 5 rings (SSSR count). The molecule has 4 aromatic rings. The van der Waals surface area contributed by atoms with Gasteiger partial charge in [0.1, 0.15) is 23.7 Å². The lowest BCUT2D eigenvalue weighted by molar-refractivity contribution is -0.0498. The summed E-state index contributed by atoms with van der Waals surface area (Å²) in [6, 6.07) is 8.30. The third-order valence-corrected chi connectivity index (χ3v) is 6.54. The molecule has 1 aliphatic carbocycles. The van der Waals surface area contributed by atoms with Crippen molar-refractivity contribution in [1.82, 2.24) is 29.5 Å². The molecule has 1 fully saturated rings. The van der Waals surface area contributed by atoms with E-state index in [9.17, 15) is 8.78 Å². The second-order valence-electron chi connectivity index (χ2n) is 8.63. The van der Waals surface area contributed by atoms with E-state index in [4.69, 9.17) is 16.7 Å². The Labute approximate surface area is 205 Å². The Morgan fingerprint density at radius 1 is 1.11 bits per heavy atom. The quantitative estimate of drug-likeness (QED) is 0.327. The van der Waals surface area contributed by atoms with E-state index in [1.54, 1.807) is 22.9 Å². The van der Waals surface area contributed by atoms with Gasteiger partial charge in [-0.25, -0.2) is 19.3 Å². The van der Waals surface area contributed by atoms with Crippen molar-refractivity contribution in [1.29, 1.82) is 0 Å². The first-order valence-corrected chi connectivity index (χ1v) is 11.6. The van der Waals surface area contributed by atoms with Crippen LogP contribution in [0.4, 0.5) is 20.4 Å². The molecule has 11 heteroatoms. The summed E-state index contributed by atoms with van der Waals surface area (Å²) in [7, 11) is 0. The molecule has 1 saturated carbocycles. The Balaban J connectivity index is 1.48. The van der Waals surface area contributed by atoms with Gasteiger partial charge in [-0.3, -0.25) is 0 Å². The number of halogens is 3. The number of nitrogens with one attached hydrogen (secondary N) is 1. The summed E-state index contributed by atoms with van der Waals surface area (Å²) in [5.74, 6) is 2.69. The number of alkyl halides is 2. The maximum Gasteiger partial charge on any atom is 0.387 e. The summed E-state index contributed by atoms with van der Waals surface area (Å²) in [5.41, 5.74) is 4.01. The van der Waals surface area contributed by atoms with Gasteiger partial charge in [-0.2, -0.15) is 19.0 Å². The van der Waals surface area contributed by atoms with Crippen LogP contribution >= 0.6 is 11.6 Å². The van der Waals surface area contributed by atoms with Crippen LogP contribution in [0.1, 0.15) is 29.8 Å². The van der Waals surface area contributed by atoms with Gasteiger partial charge in [-0.15, -0.1) is 0 Å². The van der Waals surface area contributed by atoms with Gasteiger partial charge in [0.2, 0.25) is 0 Å². The van der Waals surface area contributed by atoms with Gasteiger partial charge >= 0.3 is 6.61 Å². The normalized spacial score (nSPS) is 13.5. The van der Waals surface area contributed by atoms with Gasteiger partial charge in [0.25, 0.3) is 0 Å². The van der Waals surface area contributed by atoms with E-state index in [0.29, 0.717) is 22.6 Å². The largest absolute Gasteiger partial charge is 0.435 e. The monoisotopic (exact) mass is 499 g/mol. The highest BCUT2D eigenvalue weighted by atomic mass is 35.5. The molecule has 1 N–H and O–H groups in total. The fourth-order valence-corrected chi connectivity index (χ4v) is 4.07. The van der Waals surface area contributed by atoms with E-state index in [-0.39, 0.29) is 5.75 Å². The Kier molecular flexibility index (Phi) is 6.14. The second-order valence-corrected chi connectivity index (χ2v) is 9.01. The third kappa shape index (κ3) is 4.84. The van der Waals surface area contributed by atoms with Crippen LogP contribution in [0, 0.1) is 26.7 Å². The minimum absolute atomic E-state index is 0.106. The number of nitrogens with zero attached hydrogens (tertiary/aromatic N) is 6. The highest BCUT2D eigenvalue weighted by Crippen LogP contribution is 2.36. The smallest absolute Gasteiger partial charge is 0.387 e. The average Bonchev–Trinajstić information content (AvgIpc) is 3.56. The average molecular weight is 500 g/mol. The third-order valence-electron chi connectivity index (χ3n) is 5.99. The van der Waals surface area contributed by atoms with Gasteiger partial charge in [0, 0.05) is 23.7 Å². The lowest BCUT2D eigenvalue weighted by Gasteiger charge is -2.11. The predicted molar refractivity (Wildman–Crippen MR) is 129 cm³/mol. The van der Waals surface area contributed by atoms with Crippen molar-refractivity contribution in [2.45, 2.75) is 46.8 Å². The molecule has 0 saturated heterocycles. The topological polar surface area (TPSA) is 82.7 Å². The number of anilines is 2. The van der Waals surface area contributed by atoms with Crippen LogP contribution in [0.15, 0.2) is 36.7 Å². The lowest BCUT2D eigenvalue weighted by atomic mass is 10.1. The van der Waals surface area contributed by atoms with Crippen LogP contribution in [0.5, 0.6) is 5.75 Å². The molecule has 0 spiro atoms. The molecule has 0 atom stereocenters. The number of hydrogen-bond acceptors (Lipinski definition) is 6. The summed E-state index contributed by atoms with van der Waals surface area (Å²) in [4.78, 5) is 8.75. The molecule has 0 aliphatic heterocycles. The van der Waals surface area contributed by atoms with Crippen LogP contribution in [-0.4, -0.2) is 36.1 Å².